The lowest BCUT2D eigenvalue weighted by Crippen LogP contribution is -2.17. The zero-order chi connectivity index (χ0) is 9.68. The molecule has 4 nitrogen and oxygen atoms in total. The highest BCUT2D eigenvalue weighted by atomic mass is 16.3. The van der Waals surface area contributed by atoms with Gasteiger partial charge in [-0.3, -0.25) is 0 Å². The van der Waals surface area contributed by atoms with Gasteiger partial charge in [0, 0.05) is 12.6 Å². The maximum Gasteiger partial charge on any atom is 0.149 e. The third-order valence-corrected chi connectivity index (χ3v) is 1.75. The lowest BCUT2D eigenvalue weighted by molar-refractivity contribution is 0.282. The molecule has 0 radical (unpaired) electrons. The fraction of sp³-hybridized carbons (Fsp3) is 0.556. The SMILES string of the molecule is Cc1cnnc(NC(C)CCO)c1. The smallest absolute Gasteiger partial charge is 0.149 e. The summed E-state index contributed by atoms with van der Waals surface area (Å²) in [7, 11) is 0. The summed E-state index contributed by atoms with van der Waals surface area (Å²) in [5.41, 5.74) is 1.08. The Hall–Kier alpha value is -1.16. The minimum absolute atomic E-state index is 0.188. The van der Waals surface area contributed by atoms with E-state index in [1.54, 1.807) is 6.20 Å². The van der Waals surface area contributed by atoms with E-state index in [-0.39, 0.29) is 12.6 Å². The molecule has 1 aromatic heterocycles. The number of hydrogen-bond donors (Lipinski definition) is 2. The van der Waals surface area contributed by atoms with Gasteiger partial charge in [-0.15, -0.1) is 5.10 Å². The molecule has 0 bridgehead atoms. The highest BCUT2D eigenvalue weighted by molar-refractivity contribution is 5.35. The molecule has 1 rings (SSSR count). The van der Waals surface area contributed by atoms with E-state index in [0.29, 0.717) is 0 Å². The second kappa shape index (κ2) is 4.77. The topological polar surface area (TPSA) is 58.0 Å². The summed E-state index contributed by atoms with van der Waals surface area (Å²) in [6, 6.07) is 2.15. The van der Waals surface area contributed by atoms with Gasteiger partial charge in [0.1, 0.15) is 5.82 Å². The highest BCUT2D eigenvalue weighted by Crippen LogP contribution is 2.06. The Kier molecular flexibility index (Phi) is 3.64. The molecule has 0 fully saturated rings. The van der Waals surface area contributed by atoms with Gasteiger partial charge in [0.25, 0.3) is 0 Å². The van der Waals surface area contributed by atoms with Crippen molar-refractivity contribution in [3.8, 4) is 0 Å². The molecule has 0 amide bonds. The molecule has 0 saturated carbocycles. The van der Waals surface area contributed by atoms with Gasteiger partial charge in [-0.2, -0.15) is 5.10 Å². The molecule has 13 heavy (non-hydrogen) atoms. The molecule has 0 saturated heterocycles. The number of aromatic nitrogens is 2. The molecule has 2 N–H and O–H groups in total. The number of aliphatic hydroxyl groups excluding tert-OH is 1. The third-order valence-electron chi connectivity index (χ3n) is 1.75. The Morgan fingerprint density at radius 2 is 2.38 bits per heavy atom. The predicted molar refractivity (Wildman–Crippen MR) is 51.6 cm³/mol. The normalized spacial score (nSPS) is 12.5. The summed E-state index contributed by atoms with van der Waals surface area (Å²) in [6.07, 6.45) is 2.43. The Labute approximate surface area is 78.0 Å². The summed E-state index contributed by atoms with van der Waals surface area (Å²) in [5, 5.41) is 19.6. The van der Waals surface area contributed by atoms with Crippen molar-refractivity contribution in [2.24, 2.45) is 0 Å². The molecule has 0 spiro atoms. The molecule has 1 atom stereocenters. The van der Waals surface area contributed by atoms with Crippen molar-refractivity contribution in [1.29, 1.82) is 0 Å². The highest BCUT2D eigenvalue weighted by Gasteiger charge is 2.01. The summed E-state index contributed by atoms with van der Waals surface area (Å²) in [5.74, 6) is 0.765. The van der Waals surface area contributed by atoms with E-state index in [2.05, 4.69) is 15.5 Å². The van der Waals surface area contributed by atoms with Gasteiger partial charge in [0.2, 0.25) is 0 Å². The first-order chi connectivity index (χ1) is 6.22. The molecule has 0 aliphatic heterocycles. The molecule has 1 heterocycles. The van der Waals surface area contributed by atoms with E-state index in [0.717, 1.165) is 17.8 Å². The van der Waals surface area contributed by atoms with Gasteiger partial charge in [-0.25, -0.2) is 0 Å². The molecule has 0 aromatic carbocycles. The zero-order valence-electron chi connectivity index (χ0n) is 7.99. The first-order valence-corrected chi connectivity index (χ1v) is 4.39. The Bertz CT molecular complexity index is 265. The molecule has 0 aliphatic carbocycles. The quantitative estimate of drug-likeness (QED) is 0.726. The fourth-order valence-corrected chi connectivity index (χ4v) is 1.05. The number of nitrogens with zero attached hydrogens (tertiary/aromatic N) is 2. The molecule has 72 valence electrons. The number of rotatable bonds is 4. The summed E-state index contributed by atoms with van der Waals surface area (Å²) in [4.78, 5) is 0. The number of anilines is 1. The number of aliphatic hydroxyl groups is 1. The Morgan fingerprint density at radius 3 is 3.00 bits per heavy atom. The van der Waals surface area contributed by atoms with E-state index in [1.165, 1.54) is 0 Å². The minimum Gasteiger partial charge on any atom is -0.396 e. The largest absolute Gasteiger partial charge is 0.396 e. The summed E-state index contributed by atoms with van der Waals surface area (Å²) in [6.45, 7) is 4.16. The molecular weight excluding hydrogens is 166 g/mol. The van der Waals surface area contributed by atoms with Crippen LogP contribution in [-0.4, -0.2) is 28.0 Å². The van der Waals surface area contributed by atoms with Crippen LogP contribution in [0.3, 0.4) is 0 Å². The van der Waals surface area contributed by atoms with Gasteiger partial charge in [-0.1, -0.05) is 0 Å². The van der Waals surface area contributed by atoms with Gasteiger partial charge >= 0.3 is 0 Å². The van der Waals surface area contributed by atoms with Gasteiger partial charge in [-0.05, 0) is 31.9 Å². The van der Waals surface area contributed by atoms with Crippen molar-refractivity contribution in [3.63, 3.8) is 0 Å². The lowest BCUT2D eigenvalue weighted by Gasteiger charge is -2.12. The van der Waals surface area contributed by atoms with Crippen LogP contribution in [0, 0.1) is 6.92 Å². The van der Waals surface area contributed by atoms with Gasteiger partial charge in [0.05, 0.1) is 6.20 Å². The average molecular weight is 181 g/mol. The van der Waals surface area contributed by atoms with E-state index < -0.39 is 0 Å². The van der Waals surface area contributed by atoms with Crippen LogP contribution in [0.1, 0.15) is 18.9 Å². The summed E-state index contributed by atoms with van der Waals surface area (Å²) < 4.78 is 0. The fourth-order valence-electron chi connectivity index (χ4n) is 1.05. The Balaban J connectivity index is 2.53. The van der Waals surface area contributed by atoms with E-state index in [1.807, 2.05) is 19.9 Å². The number of nitrogens with one attached hydrogen (secondary N) is 1. The molecule has 1 unspecified atom stereocenters. The molecule has 0 aliphatic rings. The van der Waals surface area contributed by atoms with Crippen LogP contribution in [0.5, 0.6) is 0 Å². The standard InChI is InChI=1S/C9H15N3O/c1-7-5-9(12-10-6-7)11-8(2)3-4-13/h5-6,8,13H,3-4H2,1-2H3,(H,11,12). The van der Waals surface area contributed by atoms with Crippen LogP contribution in [0.25, 0.3) is 0 Å². The van der Waals surface area contributed by atoms with Crippen LogP contribution < -0.4 is 5.32 Å². The number of aryl methyl sites for hydroxylation is 1. The predicted octanol–water partition coefficient (Wildman–Crippen LogP) is 0.968. The molecule has 1 aromatic rings. The lowest BCUT2D eigenvalue weighted by atomic mass is 10.2. The maximum absolute atomic E-state index is 8.69. The van der Waals surface area contributed by atoms with Crippen molar-refractivity contribution < 1.29 is 5.11 Å². The second-order valence-electron chi connectivity index (χ2n) is 3.18. The monoisotopic (exact) mass is 181 g/mol. The van der Waals surface area contributed by atoms with E-state index in [9.17, 15) is 0 Å². The summed E-state index contributed by atoms with van der Waals surface area (Å²) >= 11 is 0. The van der Waals surface area contributed by atoms with Crippen LogP contribution in [0.2, 0.25) is 0 Å². The van der Waals surface area contributed by atoms with E-state index in [4.69, 9.17) is 5.11 Å². The maximum atomic E-state index is 8.69. The minimum atomic E-state index is 0.188. The van der Waals surface area contributed by atoms with Gasteiger partial charge in [0.15, 0.2) is 0 Å². The van der Waals surface area contributed by atoms with E-state index >= 15 is 0 Å². The van der Waals surface area contributed by atoms with Crippen molar-refractivity contribution in [1.82, 2.24) is 10.2 Å². The number of hydrogen-bond acceptors (Lipinski definition) is 4. The van der Waals surface area contributed by atoms with Crippen molar-refractivity contribution >= 4 is 5.82 Å². The zero-order valence-corrected chi connectivity index (χ0v) is 7.99. The first-order valence-electron chi connectivity index (χ1n) is 4.39. The molecular formula is C9H15N3O. The van der Waals surface area contributed by atoms with Crippen LogP contribution >= 0.6 is 0 Å². The van der Waals surface area contributed by atoms with Crippen LogP contribution in [0.4, 0.5) is 5.82 Å². The van der Waals surface area contributed by atoms with Crippen molar-refractivity contribution in [2.45, 2.75) is 26.3 Å². The Morgan fingerprint density at radius 1 is 1.62 bits per heavy atom. The second-order valence-corrected chi connectivity index (χ2v) is 3.18. The average Bonchev–Trinajstić information content (AvgIpc) is 2.04. The van der Waals surface area contributed by atoms with Crippen molar-refractivity contribution in [2.75, 3.05) is 11.9 Å². The first kappa shape index (κ1) is 9.92. The van der Waals surface area contributed by atoms with Gasteiger partial charge < -0.3 is 10.4 Å². The third kappa shape index (κ3) is 3.38. The van der Waals surface area contributed by atoms with Crippen molar-refractivity contribution in [3.05, 3.63) is 17.8 Å². The molecule has 4 heteroatoms. The van der Waals surface area contributed by atoms with Crippen LogP contribution in [0.15, 0.2) is 12.3 Å². The van der Waals surface area contributed by atoms with Crippen LogP contribution in [-0.2, 0) is 0 Å².